The van der Waals surface area contributed by atoms with E-state index in [9.17, 15) is 13.9 Å². The molecule has 0 aromatic heterocycles. The molecule has 0 bridgehead atoms. The van der Waals surface area contributed by atoms with Gasteiger partial charge in [-0.15, -0.1) is 0 Å². The molecule has 1 aromatic rings. The zero-order valence-electron chi connectivity index (χ0n) is 9.54. The van der Waals surface area contributed by atoms with Gasteiger partial charge in [0.1, 0.15) is 11.6 Å². The molecule has 1 aliphatic heterocycles. The average Bonchev–Trinajstić information content (AvgIpc) is 2.27. The van der Waals surface area contributed by atoms with Crippen molar-refractivity contribution in [1.82, 2.24) is 5.32 Å². The summed E-state index contributed by atoms with van der Waals surface area (Å²) in [6.45, 7) is 0.546. The number of halogens is 2. The Balaban J connectivity index is 2.37. The van der Waals surface area contributed by atoms with Crippen molar-refractivity contribution in [3.8, 4) is 0 Å². The standard InChI is InChI=1S/C12H15F2NO2/c1-15-11(12(5-16)6-17-7-12)9-4-8(13)2-3-10(9)14/h2-4,11,15-16H,5-7H2,1H3. The highest BCUT2D eigenvalue weighted by Crippen LogP contribution is 2.40. The molecule has 0 saturated carbocycles. The highest BCUT2D eigenvalue weighted by Gasteiger charge is 2.46. The van der Waals surface area contributed by atoms with E-state index in [1.807, 2.05) is 0 Å². The van der Waals surface area contributed by atoms with Crippen molar-refractivity contribution >= 4 is 0 Å². The minimum absolute atomic E-state index is 0.130. The van der Waals surface area contributed by atoms with Gasteiger partial charge in [-0.2, -0.15) is 0 Å². The molecule has 5 heteroatoms. The Kier molecular flexibility index (Phi) is 3.42. The van der Waals surface area contributed by atoms with Crippen molar-refractivity contribution in [2.45, 2.75) is 6.04 Å². The number of hydrogen-bond donors (Lipinski definition) is 2. The van der Waals surface area contributed by atoms with Crippen molar-refractivity contribution < 1.29 is 18.6 Å². The summed E-state index contributed by atoms with van der Waals surface area (Å²) in [5.41, 5.74) is -0.339. The van der Waals surface area contributed by atoms with Gasteiger partial charge in [-0.05, 0) is 25.2 Å². The summed E-state index contributed by atoms with van der Waals surface area (Å²) in [5, 5.41) is 12.4. The highest BCUT2D eigenvalue weighted by molar-refractivity contribution is 5.25. The van der Waals surface area contributed by atoms with Gasteiger partial charge in [-0.3, -0.25) is 0 Å². The monoisotopic (exact) mass is 243 g/mol. The Labute approximate surface area is 98.4 Å². The normalized spacial score (nSPS) is 19.8. The van der Waals surface area contributed by atoms with Gasteiger partial charge in [0.15, 0.2) is 0 Å². The molecule has 94 valence electrons. The largest absolute Gasteiger partial charge is 0.396 e. The van der Waals surface area contributed by atoms with E-state index in [1.165, 1.54) is 0 Å². The zero-order chi connectivity index (χ0) is 12.5. The van der Waals surface area contributed by atoms with E-state index in [1.54, 1.807) is 7.05 Å². The van der Waals surface area contributed by atoms with Gasteiger partial charge < -0.3 is 15.2 Å². The lowest BCUT2D eigenvalue weighted by atomic mass is 9.75. The number of rotatable bonds is 4. The molecular weight excluding hydrogens is 228 g/mol. The van der Waals surface area contributed by atoms with Crippen LogP contribution in [0.25, 0.3) is 0 Å². The number of hydrogen-bond acceptors (Lipinski definition) is 3. The van der Waals surface area contributed by atoms with Crippen LogP contribution in [0.5, 0.6) is 0 Å². The Morgan fingerprint density at radius 3 is 2.65 bits per heavy atom. The lowest BCUT2D eigenvalue weighted by Crippen LogP contribution is -2.53. The quantitative estimate of drug-likeness (QED) is 0.836. The van der Waals surface area contributed by atoms with Crippen LogP contribution in [0.2, 0.25) is 0 Å². The van der Waals surface area contributed by atoms with Crippen LogP contribution < -0.4 is 5.32 Å². The first-order valence-electron chi connectivity index (χ1n) is 5.44. The topological polar surface area (TPSA) is 41.5 Å². The van der Waals surface area contributed by atoms with Crippen molar-refractivity contribution in [3.63, 3.8) is 0 Å². The second-order valence-corrected chi connectivity index (χ2v) is 4.40. The molecule has 0 amide bonds. The summed E-state index contributed by atoms with van der Waals surface area (Å²) in [7, 11) is 1.66. The molecule has 17 heavy (non-hydrogen) atoms. The lowest BCUT2D eigenvalue weighted by Gasteiger charge is -2.46. The van der Waals surface area contributed by atoms with Gasteiger partial charge in [0.25, 0.3) is 0 Å². The fraction of sp³-hybridized carbons (Fsp3) is 0.500. The molecule has 2 N–H and O–H groups in total. The van der Waals surface area contributed by atoms with Crippen molar-refractivity contribution in [1.29, 1.82) is 0 Å². The first-order chi connectivity index (χ1) is 8.13. The van der Waals surface area contributed by atoms with Crippen LogP contribution in [0.3, 0.4) is 0 Å². The number of aliphatic hydroxyl groups excluding tert-OH is 1. The van der Waals surface area contributed by atoms with Gasteiger partial charge in [-0.1, -0.05) is 0 Å². The first kappa shape index (κ1) is 12.4. The smallest absolute Gasteiger partial charge is 0.128 e. The van der Waals surface area contributed by atoms with E-state index in [-0.39, 0.29) is 12.2 Å². The van der Waals surface area contributed by atoms with Crippen molar-refractivity contribution in [3.05, 3.63) is 35.4 Å². The molecule has 1 aliphatic rings. The third-order valence-corrected chi connectivity index (χ3v) is 3.26. The summed E-state index contributed by atoms with van der Waals surface area (Å²) >= 11 is 0. The number of benzene rings is 1. The fourth-order valence-corrected chi connectivity index (χ4v) is 2.24. The van der Waals surface area contributed by atoms with Gasteiger partial charge in [-0.25, -0.2) is 8.78 Å². The molecular formula is C12H15F2NO2. The van der Waals surface area contributed by atoms with Crippen LogP contribution >= 0.6 is 0 Å². The van der Waals surface area contributed by atoms with Crippen LogP contribution in [-0.4, -0.2) is 32.0 Å². The Hall–Kier alpha value is -1.04. The van der Waals surface area contributed by atoms with E-state index in [4.69, 9.17) is 4.74 Å². The van der Waals surface area contributed by atoms with Crippen molar-refractivity contribution in [2.24, 2.45) is 5.41 Å². The second kappa shape index (κ2) is 4.68. The molecule has 0 radical (unpaired) electrons. The molecule has 1 saturated heterocycles. The SMILES string of the molecule is CNC(c1cc(F)ccc1F)C1(CO)COC1. The summed E-state index contributed by atoms with van der Waals surface area (Å²) < 4.78 is 32.0. The summed E-state index contributed by atoms with van der Waals surface area (Å²) in [4.78, 5) is 0. The average molecular weight is 243 g/mol. The Bertz CT molecular complexity index is 402. The molecule has 1 atom stereocenters. The minimum atomic E-state index is -0.566. The molecule has 3 nitrogen and oxygen atoms in total. The lowest BCUT2D eigenvalue weighted by molar-refractivity contribution is -0.155. The highest BCUT2D eigenvalue weighted by atomic mass is 19.1. The predicted molar refractivity (Wildman–Crippen MR) is 58.5 cm³/mol. The van der Waals surface area contributed by atoms with Crippen LogP contribution in [-0.2, 0) is 4.74 Å². The van der Waals surface area contributed by atoms with Crippen molar-refractivity contribution in [2.75, 3.05) is 26.9 Å². The van der Waals surface area contributed by atoms with E-state index < -0.39 is 23.1 Å². The Morgan fingerprint density at radius 1 is 1.47 bits per heavy atom. The summed E-state index contributed by atoms with van der Waals surface area (Å²) in [6.07, 6.45) is 0. The summed E-state index contributed by atoms with van der Waals surface area (Å²) in [5.74, 6) is -0.972. The van der Waals surface area contributed by atoms with E-state index >= 15 is 0 Å². The molecule has 0 aliphatic carbocycles. The maximum absolute atomic E-state index is 13.7. The van der Waals surface area contributed by atoms with E-state index in [2.05, 4.69) is 5.32 Å². The Morgan fingerprint density at radius 2 is 2.18 bits per heavy atom. The third-order valence-electron chi connectivity index (χ3n) is 3.26. The number of aliphatic hydroxyl groups is 1. The minimum Gasteiger partial charge on any atom is -0.396 e. The molecule has 1 fully saturated rings. The maximum atomic E-state index is 13.7. The fourth-order valence-electron chi connectivity index (χ4n) is 2.24. The zero-order valence-corrected chi connectivity index (χ0v) is 9.54. The van der Waals surface area contributed by atoms with Crippen LogP contribution in [0.15, 0.2) is 18.2 Å². The molecule has 0 spiro atoms. The van der Waals surface area contributed by atoms with Gasteiger partial charge >= 0.3 is 0 Å². The van der Waals surface area contributed by atoms with Crippen LogP contribution in [0.1, 0.15) is 11.6 Å². The first-order valence-corrected chi connectivity index (χ1v) is 5.44. The maximum Gasteiger partial charge on any atom is 0.128 e. The third kappa shape index (κ3) is 2.06. The molecule has 1 heterocycles. The second-order valence-electron chi connectivity index (χ2n) is 4.40. The van der Waals surface area contributed by atoms with E-state index in [0.717, 1.165) is 18.2 Å². The number of ether oxygens (including phenoxy) is 1. The van der Waals surface area contributed by atoms with Crippen LogP contribution in [0, 0.1) is 17.0 Å². The van der Waals surface area contributed by atoms with Gasteiger partial charge in [0, 0.05) is 11.6 Å². The van der Waals surface area contributed by atoms with E-state index in [0.29, 0.717) is 13.2 Å². The number of nitrogens with one attached hydrogen (secondary N) is 1. The molecule has 1 aromatic carbocycles. The van der Waals surface area contributed by atoms with Gasteiger partial charge in [0.05, 0.1) is 25.2 Å². The van der Waals surface area contributed by atoms with Crippen LogP contribution in [0.4, 0.5) is 8.78 Å². The summed E-state index contributed by atoms with van der Waals surface area (Å²) in [6, 6.07) is 2.87. The molecule has 2 rings (SSSR count). The molecule has 1 unspecified atom stereocenters. The predicted octanol–water partition coefficient (Wildman–Crippen LogP) is 1.23. The van der Waals surface area contributed by atoms with Gasteiger partial charge in [0.2, 0.25) is 0 Å².